The second-order valence-electron chi connectivity index (χ2n) is 7.58. The van der Waals surface area contributed by atoms with Gasteiger partial charge >= 0.3 is 0 Å². The number of rotatable bonds is 5. The van der Waals surface area contributed by atoms with E-state index in [4.69, 9.17) is 25.8 Å². The largest absolute Gasteiger partial charge is 0.493 e. The number of nitrogens with zero attached hydrogens (tertiary/aromatic N) is 1. The maximum absolute atomic E-state index is 13.9. The Morgan fingerprint density at radius 3 is 2.24 bits per heavy atom. The fourth-order valence-corrected chi connectivity index (χ4v) is 4.22. The first-order valence-electron chi connectivity index (χ1n) is 10.3. The minimum absolute atomic E-state index is 0.222. The van der Waals surface area contributed by atoms with Gasteiger partial charge in [-0.1, -0.05) is 23.7 Å². The van der Waals surface area contributed by atoms with Gasteiger partial charge in [-0.25, -0.2) is 4.39 Å². The molecule has 1 atom stereocenters. The molecule has 9 heteroatoms. The van der Waals surface area contributed by atoms with Gasteiger partial charge in [-0.3, -0.25) is 9.59 Å². The summed E-state index contributed by atoms with van der Waals surface area (Å²) in [5.41, 5.74) is 1.96. The summed E-state index contributed by atoms with van der Waals surface area (Å²) in [5, 5.41) is 3.26. The molecule has 0 aromatic heterocycles. The number of carbonyl (C=O) groups excluding carboxylic acids is 2. The minimum Gasteiger partial charge on any atom is -0.493 e. The van der Waals surface area contributed by atoms with Gasteiger partial charge < -0.3 is 24.4 Å². The first-order valence-corrected chi connectivity index (χ1v) is 10.7. The highest BCUT2D eigenvalue weighted by atomic mass is 35.5. The summed E-state index contributed by atoms with van der Waals surface area (Å²) in [5.74, 6) is -0.328. The molecule has 0 bridgehead atoms. The number of fused-ring (bicyclic) bond motifs is 1. The average Bonchev–Trinajstić information content (AvgIpc) is 2.98. The molecule has 1 aliphatic heterocycles. The lowest BCUT2D eigenvalue weighted by atomic mass is 9.95. The topological polar surface area (TPSA) is 77.1 Å². The lowest BCUT2D eigenvalue weighted by Gasteiger charge is -2.31. The van der Waals surface area contributed by atoms with Crippen LogP contribution in [0.2, 0.25) is 5.02 Å². The molecule has 7 nitrogen and oxygen atoms in total. The molecule has 2 amide bonds. The van der Waals surface area contributed by atoms with Crippen LogP contribution in [0.1, 0.15) is 27.5 Å². The Hall–Kier alpha value is -3.78. The van der Waals surface area contributed by atoms with E-state index in [-0.39, 0.29) is 18.0 Å². The molecule has 0 spiro atoms. The molecular weight excluding hydrogens is 463 g/mol. The molecule has 1 aliphatic rings. The van der Waals surface area contributed by atoms with Crippen LogP contribution in [0.25, 0.3) is 0 Å². The highest BCUT2D eigenvalue weighted by Gasteiger charge is 2.35. The molecule has 3 aromatic rings. The molecule has 3 aromatic carbocycles. The van der Waals surface area contributed by atoms with Crippen molar-refractivity contribution in [2.24, 2.45) is 0 Å². The van der Waals surface area contributed by atoms with Crippen molar-refractivity contribution in [1.82, 2.24) is 4.90 Å². The first kappa shape index (κ1) is 23.4. The molecule has 1 heterocycles. The monoisotopic (exact) mass is 484 g/mol. The SMILES string of the molecule is COc1cc(C(=O)N2CC(=O)Nc3ccc(Cl)cc3[C@@H]2c2ccc(F)cc2)cc(OC)c1OC. The molecule has 0 unspecified atom stereocenters. The first-order chi connectivity index (χ1) is 16.4. The van der Waals surface area contributed by atoms with Crippen molar-refractivity contribution in [3.8, 4) is 17.2 Å². The number of nitrogens with one attached hydrogen (secondary N) is 1. The molecule has 1 N–H and O–H groups in total. The Balaban J connectivity index is 1.90. The zero-order chi connectivity index (χ0) is 24.4. The number of benzene rings is 3. The normalized spacial score (nSPS) is 15.1. The summed E-state index contributed by atoms with van der Waals surface area (Å²) in [6.45, 7) is -0.246. The number of halogens is 2. The van der Waals surface area contributed by atoms with E-state index in [9.17, 15) is 14.0 Å². The average molecular weight is 485 g/mol. The number of methoxy groups -OCH3 is 3. The minimum atomic E-state index is -0.722. The maximum Gasteiger partial charge on any atom is 0.255 e. The van der Waals surface area contributed by atoms with Gasteiger partial charge in [-0.05, 0) is 48.0 Å². The molecule has 176 valence electrons. The summed E-state index contributed by atoms with van der Waals surface area (Å²) in [7, 11) is 4.36. The Morgan fingerprint density at radius 2 is 1.65 bits per heavy atom. The van der Waals surface area contributed by atoms with E-state index in [2.05, 4.69) is 5.32 Å². The van der Waals surface area contributed by atoms with Gasteiger partial charge in [-0.15, -0.1) is 0 Å². The van der Waals surface area contributed by atoms with Crippen LogP contribution in [0.4, 0.5) is 10.1 Å². The molecule has 0 aliphatic carbocycles. The Labute approximate surface area is 201 Å². The predicted octanol–water partition coefficient (Wildman–Crippen LogP) is 4.69. The van der Waals surface area contributed by atoms with Crippen LogP contribution < -0.4 is 19.5 Å². The highest BCUT2D eigenvalue weighted by molar-refractivity contribution is 6.30. The molecule has 0 saturated carbocycles. The van der Waals surface area contributed by atoms with Crippen LogP contribution in [-0.2, 0) is 4.79 Å². The van der Waals surface area contributed by atoms with Crippen molar-refractivity contribution >= 4 is 29.1 Å². The second-order valence-corrected chi connectivity index (χ2v) is 8.02. The van der Waals surface area contributed by atoms with Gasteiger partial charge in [0.15, 0.2) is 11.5 Å². The van der Waals surface area contributed by atoms with E-state index in [1.54, 1.807) is 30.3 Å². The summed E-state index contributed by atoms with van der Waals surface area (Å²) in [6, 6.07) is 13.1. The lowest BCUT2D eigenvalue weighted by molar-refractivity contribution is -0.117. The van der Waals surface area contributed by atoms with Crippen LogP contribution in [0.5, 0.6) is 17.2 Å². The molecule has 34 heavy (non-hydrogen) atoms. The molecule has 4 rings (SSSR count). The van der Waals surface area contributed by atoms with E-state index in [0.717, 1.165) is 0 Å². The molecule has 0 fully saturated rings. The fraction of sp³-hybridized carbons (Fsp3) is 0.200. The zero-order valence-corrected chi connectivity index (χ0v) is 19.5. The van der Waals surface area contributed by atoms with Gasteiger partial charge in [-0.2, -0.15) is 0 Å². The number of anilines is 1. The Kier molecular flexibility index (Phi) is 6.61. The number of hydrogen-bond donors (Lipinski definition) is 1. The van der Waals surface area contributed by atoms with Crippen LogP contribution in [-0.4, -0.2) is 44.6 Å². The number of carbonyl (C=O) groups is 2. The van der Waals surface area contributed by atoms with Crippen molar-refractivity contribution < 1.29 is 28.2 Å². The molecule has 0 radical (unpaired) electrons. The van der Waals surface area contributed by atoms with Gasteiger partial charge in [0.05, 0.1) is 27.4 Å². The third kappa shape index (κ3) is 4.36. The molecular formula is C25H22ClFN2O5. The third-order valence-corrected chi connectivity index (χ3v) is 5.80. The smallest absolute Gasteiger partial charge is 0.255 e. The third-order valence-electron chi connectivity index (χ3n) is 5.57. The zero-order valence-electron chi connectivity index (χ0n) is 18.7. The summed E-state index contributed by atoms with van der Waals surface area (Å²) >= 11 is 6.28. The van der Waals surface area contributed by atoms with E-state index < -0.39 is 17.8 Å². The van der Waals surface area contributed by atoms with E-state index >= 15 is 0 Å². The molecule has 0 saturated heterocycles. The van der Waals surface area contributed by atoms with Gasteiger partial charge in [0.1, 0.15) is 12.4 Å². The van der Waals surface area contributed by atoms with Crippen LogP contribution in [0, 0.1) is 5.82 Å². The highest BCUT2D eigenvalue weighted by Crippen LogP contribution is 2.41. The lowest BCUT2D eigenvalue weighted by Crippen LogP contribution is -2.39. The fourth-order valence-electron chi connectivity index (χ4n) is 4.04. The Morgan fingerprint density at radius 1 is 1.00 bits per heavy atom. The van der Waals surface area contributed by atoms with Crippen molar-refractivity contribution in [2.75, 3.05) is 33.2 Å². The quantitative estimate of drug-likeness (QED) is 0.568. The predicted molar refractivity (Wildman–Crippen MR) is 125 cm³/mol. The standard InChI is InChI=1S/C25H22ClFN2O5/c1-32-20-10-15(11-21(33-2)24(20)34-3)25(31)29-13-22(30)28-19-9-6-16(26)12-18(19)23(29)14-4-7-17(27)8-5-14/h4-12,23H,13H2,1-3H3,(H,28,30)/t23-/m0/s1. The van der Waals surface area contributed by atoms with E-state index in [0.29, 0.717) is 39.1 Å². The van der Waals surface area contributed by atoms with Crippen molar-refractivity contribution in [3.05, 3.63) is 82.1 Å². The van der Waals surface area contributed by atoms with E-state index in [1.165, 1.54) is 50.5 Å². The maximum atomic E-state index is 13.9. The van der Waals surface area contributed by atoms with Crippen molar-refractivity contribution in [1.29, 1.82) is 0 Å². The van der Waals surface area contributed by atoms with Gasteiger partial charge in [0, 0.05) is 21.8 Å². The van der Waals surface area contributed by atoms with Gasteiger partial charge in [0.2, 0.25) is 11.7 Å². The van der Waals surface area contributed by atoms with Crippen molar-refractivity contribution in [3.63, 3.8) is 0 Å². The van der Waals surface area contributed by atoms with Gasteiger partial charge in [0.25, 0.3) is 5.91 Å². The number of ether oxygens (including phenoxy) is 3. The number of amides is 2. The van der Waals surface area contributed by atoms with Crippen molar-refractivity contribution in [2.45, 2.75) is 6.04 Å². The second kappa shape index (κ2) is 9.61. The summed E-state index contributed by atoms with van der Waals surface area (Å²) < 4.78 is 29.8. The van der Waals surface area contributed by atoms with Crippen LogP contribution in [0.3, 0.4) is 0 Å². The summed E-state index contributed by atoms with van der Waals surface area (Å²) in [6.07, 6.45) is 0. The summed E-state index contributed by atoms with van der Waals surface area (Å²) in [4.78, 5) is 28.1. The Bertz CT molecular complexity index is 1220. The van der Waals surface area contributed by atoms with E-state index in [1.807, 2.05) is 0 Å². The van der Waals surface area contributed by atoms with Crippen LogP contribution in [0.15, 0.2) is 54.6 Å². The number of hydrogen-bond acceptors (Lipinski definition) is 5. The van der Waals surface area contributed by atoms with Crippen LogP contribution >= 0.6 is 11.6 Å².